The molecule has 2 heterocycles. The van der Waals surface area contributed by atoms with Crippen LogP contribution in [0, 0.1) is 0 Å². The van der Waals surface area contributed by atoms with Crippen molar-refractivity contribution in [3.63, 3.8) is 0 Å². The number of epoxide rings is 1. The summed E-state index contributed by atoms with van der Waals surface area (Å²) in [5.74, 6) is 0.589. The standard InChI is InChI=1S/C5H8O3S/c6-9(7)2-1-4-5(3-9)8-4/h4-5H,1-3H2/t4-,5-/m0/s1. The third-order valence-corrected chi connectivity index (χ3v) is 3.51. The van der Waals surface area contributed by atoms with Gasteiger partial charge in [-0.2, -0.15) is 0 Å². The molecule has 0 aliphatic carbocycles. The first-order valence-electron chi connectivity index (χ1n) is 3.03. The number of rotatable bonds is 0. The lowest BCUT2D eigenvalue weighted by Crippen LogP contribution is -2.23. The Hall–Kier alpha value is -0.0900. The molecule has 0 bridgehead atoms. The van der Waals surface area contributed by atoms with Gasteiger partial charge in [-0.15, -0.1) is 0 Å². The predicted molar refractivity (Wildman–Crippen MR) is 31.9 cm³/mol. The van der Waals surface area contributed by atoms with Crippen molar-refractivity contribution in [3.8, 4) is 0 Å². The molecule has 0 amide bonds. The summed E-state index contributed by atoms with van der Waals surface area (Å²) >= 11 is 0. The second-order valence-electron chi connectivity index (χ2n) is 2.62. The van der Waals surface area contributed by atoms with E-state index in [0.717, 1.165) is 0 Å². The fourth-order valence-electron chi connectivity index (χ4n) is 1.21. The van der Waals surface area contributed by atoms with Crippen LogP contribution in [-0.2, 0) is 14.6 Å². The van der Waals surface area contributed by atoms with E-state index in [9.17, 15) is 8.42 Å². The van der Waals surface area contributed by atoms with Crippen molar-refractivity contribution in [3.05, 3.63) is 0 Å². The second kappa shape index (κ2) is 1.49. The molecule has 0 aromatic carbocycles. The summed E-state index contributed by atoms with van der Waals surface area (Å²) in [6.45, 7) is 0. The van der Waals surface area contributed by atoms with Crippen LogP contribution in [-0.4, -0.2) is 32.1 Å². The number of hydrogen-bond acceptors (Lipinski definition) is 3. The molecule has 2 fully saturated rings. The van der Waals surface area contributed by atoms with Crippen molar-refractivity contribution in [1.82, 2.24) is 0 Å². The summed E-state index contributed by atoms with van der Waals surface area (Å²) < 4.78 is 26.6. The Bertz CT molecular complexity index is 218. The van der Waals surface area contributed by atoms with Gasteiger partial charge in [0.15, 0.2) is 9.84 Å². The van der Waals surface area contributed by atoms with Crippen LogP contribution in [0.15, 0.2) is 0 Å². The Balaban J connectivity index is 2.18. The molecule has 2 aliphatic heterocycles. The molecule has 0 saturated carbocycles. The van der Waals surface area contributed by atoms with Crippen LogP contribution in [0.1, 0.15) is 6.42 Å². The molecule has 52 valence electrons. The van der Waals surface area contributed by atoms with E-state index in [4.69, 9.17) is 4.74 Å². The molecular weight excluding hydrogens is 140 g/mol. The number of fused-ring (bicyclic) bond motifs is 1. The molecule has 0 radical (unpaired) electrons. The normalized spacial score (nSPS) is 45.8. The minimum absolute atomic E-state index is 0.0590. The van der Waals surface area contributed by atoms with E-state index in [1.54, 1.807) is 0 Å². The molecule has 0 spiro atoms. The third kappa shape index (κ3) is 0.966. The van der Waals surface area contributed by atoms with Crippen molar-refractivity contribution in [2.45, 2.75) is 18.6 Å². The first kappa shape index (κ1) is 5.68. The zero-order chi connectivity index (χ0) is 6.48. The average Bonchev–Trinajstić information content (AvgIpc) is 2.41. The molecule has 2 atom stereocenters. The van der Waals surface area contributed by atoms with E-state index in [0.29, 0.717) is 12.2 Å². The van der Waals surface area contributed by atoms with Gasteiger partial charge in [-0.05, 0) is 6.42 Å². The summed E-state index contributed by atoms with van der Waals surface area (Å²) in [5, 5.41) is 0. The molecule has 9 heavy (non-hydrogen) atoms. The van der Waals surface area contributed by atoms with E-state index in [1.807, 2.05) is 0 Å². The van der Waals surface area contributed by atoms with Gasteiger partial charge < -0.3 is 4.74 Å². The van der Waals surface area contributed by atoms with E-state index in [2.05, 4.69) is 0 Å². The van der Waals surface area contributed by atoms with Gasteiger partial charge in [-0.1, -0.05) is 0 Å². The van der Waals surface area contributed by atoms with Crippen molar-refractivity contribution in [2.75, 3.05) is 11.5 Å². The number of ether oxygens (including phenoxy) is 1. The first-order chi connectivity index (χ1) is 4.17. The lowest BCUT2D eigenvalue weighted by Gasteiger charge is -2.04. The Labute approximate surface area is 53.9 Å². The topological polar surface area (TPSA) is 46.7 Å². The lowest BCUT2D eigenvalue weighted by atomic mass is 10.3. The molecule has 3 nitrogen and oxygen atoms in total. The second-order valence-corrected chi connectivity index (χ2v) is 4.84. The third-order valence-electron chi connectivity index (χ3n) is 1.82. The van der Waals surface area contributed by atoms with Crippen molar-refractivity contribution in [2.24, 2.45) is 0 Å². The summed E-state index contributed by atoms with van der Waals surface area (Å²) in [7, 11) is -2.72. The van der Waals surface area contributed by atoms with Crippen molar-refractivity contribution in [1.29, 1.82) is 0 Å². The molecular formula is C5H8O3S. The average molecular weight is 148 g/mol. The van der Waals surface area contributed by atoms with Gasteiger partial charge in [-0.3, -0.25) is 0 Å². The van der Waals surface area contributed by atoms with Gasteiger partial charge in [0.2, 0.25) is 0 Å². The van der Waals surface area contributed by atoms with Crippen LogP contribution >= 0.6 is 0 Å². The quantitative estimate of drug-likeness (QED) is 0.438. The highest BCUT2D eigenvalue weighted by atomic mass is 32.2. The molecule has 0 aromatic rings. The Morgan fingerprint density at radius 2 is 2.11 bits per heavy atom. The van der Waals surface area contributed by atoms with Gasteiger partial charge in [0, 0.05) is 0 Å². The van der Waals surface area contributed by atoms with Gasteiger partial charge in [-0.25, -0.2) is 8.42 Å². The van der Waals surface area contributed by atoms with Crippen LogP contribution < -0.4 is 0 Å². The molecule has 4 heteroatoms. The maximum Gasteiger partial charge on any atom is 0.153 e. The molecule has 0 aromatic heterocycles. The van der Waals surface area contributed by atoms with Gasteiger partial charge >= 0.3 is 0 Å². The first-order valence-corrected chi connectivity index (χ1v) is 4.85. The van der Waals surface area contributed by atoms with E-state index in [-0.39, 0.29) is 18.0 Å². The Morgan fingerprint density at radius 3 is 2.67 bits per heavy atom. The molecule has 0 N–H and O–H groups in total. The summed E-state index contributed by atoms with van der Waals surface area (Å²) in [6, 6.07) is 0. The summed E-state index contributed by atoms with van der Waals surface area (Å²) in [5.41, 5.74) is 0. The largest absolute Gasteiger partial charge is 0.368 e. The minimum Gasteiger partial charge on any atom is -0.368 e. The predicted octanol–water partition coefficient (Wildman–Crippen LogP) is -0.428. The highest BCUT2D eigenvalue weighted by molar-refractivity contribution is 7.91. The zero-order valence-electron chi connectivity index (χ0n) is 4.91. The Kier molecular flexibility index (Phi) is 0.941. The molecule has 2 saturated heterocycles. The van der Waals surface area contributed by atoms with Crippen LogP contribution in [0.4, 0.5) is 0 Å². The summed E-state index contributed by atoms with van der Waals surface area (Å²) in [6.07, 6.45) is 1.06. The highest BCUT2D eigenvalue weighted by Gasteiger charge is 2.46. The van der Waals surface area contributed by atoms with E-state index >= 15 is 0 Å². The van der Waals surface area contributed by atoms with Gasteiger partial charge in [0.1, 0.15) is 0 Å². The van der Waals surface area contributed by atoms with Crippen LogP contribution in [0.2, 0.25) is 0 Å². The van der Waals surface area contributed by atoms with Crippen LogP contribution in [0.3, 0.4) is 0 Å². The van der Waals surface area contributed by atoms with Gasteiger partial charge in [0.25, 0.3) is 0 Å². The minimum atomic E-state index is -2.72. The molecule has 0 unspecified atom stereocenters. The summed E-state index contributed by atoms with van der Waals surface area (Å²) in [4.78, 5) is 0. The van der Waals surface area contributed by atoms with Gasteiger partial charge in [0.05, 0.1) is 23.7 Å². The Morgan fingerprint density at radius 1 is 1.33 bits per heavy atom. The molecule has 2 rings (SSSR count). The zero-order valence-corrected chi connectivity index (χ0v) is 5.73. The number of hydrogen-bond donors (Lipinski definition) is 0. The monoisotopic (exact) mass is 148 g/mol. The van der Waals surface area contributed by atoms with Crippen LogP contribution in [0.5, 0.6) is 0 Å². The maximum atomic E-state index is 10.8. The fourth-order valence-corrected chi connectivity index (χ4v) is 2.76. The maximum absolute atomic E-state index is 10.8. The van der Waals surface area contributed by atoms with Crippen LogP contribution in [0.25, 0.3) is 0 Å². The highest BCUT2D eigenvalue weighted by Crippen LogP contribution is 2.31. The van der Waals surface area contributed by atoms with E-state index in [1.165, 1.54) is 0 Å². The van der Waals surface area contributed by atoms with Crippen molar-refractivity contribution >= 4 is 9.84 Å². The van der Waals surface area contributed by atoms with Crippen molar-refractivity contribution < 1.29 is 13.2 Å². The van der Waals surface area contributed by atoms with E-state index < -0.39 is 9.84 Å². The fraction of sp³-hybridized carbons (Fsp3) is 1.00. The molecule has 2 aliphatic rings. The lowest BCUT2D eigenvalue weighted by molar-refractivity contribution is 0.380. The SMILES string of the molecule is O=S1(=O)CC[C@@H]2O[C@H]2C1. The number of sulfone groups is 1. The smallest absolute Gasteiger partial charge is 0.153 e.